The molecule has 7 nitrogen and oxygen atoms in total. The van der Waals surface area contributed by atoms with Crippen LogP contribution in [0.4, 0.5) is 11.4 Å². The molecule has 0 amide bonds. The predicted molar refractivity (Wildman–Crippen MR) is 136 cm³/mol. The molecule has 0 bridgehead atoms. The molecule has 1 heterocycles. The van der Waals surface area contributed by atoms with Crippen LogP contribution in [-0.4, -0.2) is 55.6 Å². The molecule has 0 saturated heterocycles. The monoisotopic (exact) mass is 474 g/mol. The molecule has 0 N–H and O–H groups in total. The van der Waals surface area contributed by atoms with Crippen LogP contribution in [-0.2, 0) is 24.5 Å². The van der Waals surface area contributed by atoms with E-state index in [0.29, 0.717) is 11.3 Å². The van der Waals surface area contributed by atoms with Gasteiger partial charge in [-0.2, -0.15) is 9.84 Å². The van der Waals surface area contributed by atoms with Gasteiger partial charge < -0.3 is 14.4 Å². The van der Waals surface area contributed by atoms with Gasteiger partial charge in [0, 0.05) is 17.3 Å². The summed E-state index contributed by atoms with van der Waals surface area (Å²) in [5.74, 6) is -0.843. The van der Waals surface area contributed by atoms with Crippen molar-refractivity contribution < 1.29 is 23.6 Å². The highest BCUT2D eigenvalue weighted by molar-refractivity contribution is 6.12. The number of nitriles is 1. The van der Waals surface area contributed by atoms with Gasteiger partial charge in [0.2, 0.25) is 11.4 Å². The van der Waals surface area contributed by atoms with Gasteiger partial charge in [-0.1, -0.05) is 30.3 Å². The van der Waals surface area contributed by atoms with Crippen molar-refractivity contribution in [1.82, 2.24) is 0 Å². The zero-order valence-corrected chi connectivity index (χ0v) is 21.0. The van der Waals surface area contributed by atoms with Gasteiger partial charge in [0.15, 0.2) is 0 Å². The normalized spacial score (nSPS) is 14.2. The molecule has 182 valence electrons. The van der Waals surface area contributed by atoms with Crippen LogP contribution in [0.1, 0.15) is 38.8 Å². The van der Waals surface area contributed by atoms with Crippen LogP contribution < -0.4 is 4.90 Å². The third kappa shape index (κ3) is 5.60. The van der Waals surface area contributed by atoms with Crippen LogP contribution in [0.25, 0.3) is 6.08 Å². The molecule has 2 aromatic carbocycles. The number of anilines is 1. The van der Waals surface area contributed by atoms with Gasteiger partial charge in [-0.15, -0.1) is 0 Å². The van der Waals surface area contributed by atoms with Crippen LogP contribution in [0.15, 0.2) is 54.1 Å². The number of para-hydroxylation sites is 1. The van der Waals surface area contributed by atoms with Crippen LogP contribution in [0.2, 0.25) is 0 Å². The standard InChI is InChI=1S/C28H32N3O4/c1-6-34-25(32)18-31(19-26(33)35-7-2)22-14-12-20(13-15-22)16-21(17-29)27-28(3,4)23-10-8-9-11-24(23)30(27)5/h8-16H,6-7,18-19H2,1-5H3/q+1. The molecule has 7 heteroatoms. The molecule has 0 spiro atoms. The van der Waals surface area contributed by atoms with Crippen LogP contribution in [0.3, 0.4) is 0 Å². The Labute approximate surface area is 206 Å². The van der Waals surface area contributed by atoms with E-state index >= 15 is 0 Å². The first-order valence-corrected chi connectivity index (χ1v) is 11.7. The average molecular weight is 475 g/mol. The molecule has 0 atom stereocenters. The van der Waals surface area contributed by atoms with Gasteiger partial charge in [-0.25, -0.2) is 0 Å². The summed E-state index contributed by atoms with van der Waals surface area (Å²) < 4.78 is 12.2. The fourth-order valence-corrected chi connectivity index (χ4v) is 4.54. The first kappa shape index (κ1) is 25.7. The van der Waals surface area contributed by atoms with Gasteiger partial charge in [0.1, 0.15) is 31.8 Å². The van der Waals surface area contributed by atoms with Gasteiger partial charge in [0.25, 0.3) is 0 Å². The second-order valence-electron chi connectivity index (χ2n) is 8.78. The number of esters is 2. The lowest BCUT2D eigenvalue weighted by Gasteiger charge is -2.23. The summed E-state index contributed by atoms with van der Waals surface area (Å²) in [4.78, 5) is 25.8. The molecule has 0 saturated carbocycles. The number of carbonyl (C=O) groups excluding carboxylic acids is 2. The minimum Gasteiger partial charge on any atom is -0.465 e. The SMILES string of the molecule is CCOC(=O)CN(CC(=O)OCC)c1ccc(/C=C(\C#N)C2=[N+](C)c3ccccc3C2(C)C)cc1. The number of benzene rings is 2. The van der Waals surface area contributed by atoms with Gasteiger partial charge in [0.05, 0.1) is 18.6 Å². The maximum Gasteiger partial charge on any atom is 0.325 e. The molecule has 0 unspecified atom stereocenters. The Balaban J connectivity index is 1.90. The van der Waals surface area contributed by atoms with Crippen LogP contribution in [0, 0.1) is 11.3 Å². The fraction of sp³-hybridized carbons (Fsp3) is 0.357. The smallest absolute Gasteiger partial charge is 0.325 e. The van der Waals surface area contributed by atoms with E-state index in [-0.39, 0.29) is 31.7 Å². The highest BCUT2D eigenvalue weighted by atomic mass is 16.5. The lowest BCUT2D eigenvalue weighted by molar-refractivity contribution is -0.401. The van der Waals surface area contributed by atoms with Gasteiger partial charge in [-0.3, -0.25) is 9.59 Å². The zero-order valence-electron chi connectivity index (χ0n) is 21.0. The minimum absolute atomic E-state index is 0.0690. The van der Waals surface area contributed by atoms with Crippen molar-refractivity contribution in [2.24, 2.45) is 0 Å². The first-order chi connectivity index (χ1) is 16.7. The second-order valence-corrected chi connectivity index (χ2v) is 8.78. The molecule has 0 fully saturated rings. The average Bonchev–Trinajstić information content (AvgIpc) is 3.03. The molecule has 1 aliphatic rings. The summed E-state index contributed by atoms with van der Waals surface area (Å²) in [6, 6.07) is 17.9. The molecular weight excluding hydrogens is 442 g/mol. The van der Waals surface area contributed by atoms with Crippen LogP contribution >= 0.6 is 0 Å². The molecular formula is C28H32N3O4+. The Morgan fingerprint density at radius 2 is 1.57 bits per heavy atom. The molecule has 35 heavy (non-hydrogen) atoms. The second kappa shape index (κ2) is 11.0. The Hall–Kier alpha value is -3.92. The van der Waals surface area contributed by atoms with Gasteiger partial charge in [-0.05, 0) is 51.5 Å². The molecule has 0 radical (unpaired) electrons. The summed E-state index contributed by atoms with van der Waals surface area (Å²) in [5, 5.41) is 10.0. The highest BCUT2D eigenvalue weighted by Crippen LogP contribution is 2.40. The van der Waals surface area contributed by atoms with Crippen molar-refractivity contribution in [1.29, 1.82) is 5.26 Å². The van der Waals surface area contributed by atoms with E-state index < -0.39 is 11.9 Å². The number of hydrogen-bond acceptors (Lipinski definition) is 6. The zero-order chi connectivity index (χ0) is 25.6. The van der Waals surface area contributed by atoms with Crippen molar-refractivity contribution in [3.05, 3.63) is 65.2 Å². The van der Waals surface area contributed by atoms with E-state index in [2.05, 4.69) is 36.6 Å². The van der Waals surface area contributed by atoms with E-state index in [1.165, 1.54) is 5.56 Å². The lowest BCUT2D eigenvalue weighted by Crippen LogP contribution is -2.36. The largest absolute Gasteiger partial charge is 0.465 e. The summed E-state index contributed by atoms with van der Waals surface area (Å²) in [5.41, 5.74) is 5.00. The maximum atomic E-state index is 12.1. The Kier molecular flexibility index (Phi) is 8.08. The Morgan fingerprint density at radius 1 is 1.00 bits per heavy atom. The molecule has 2 aromatic rings. The van der Waals surface area contributed by atoms with E-state index in [9.17, 15) is 14.9 Å². The molecule has 1 aliphatic heterocycles. The predicted octanol–water partition coefficient (Wildman–Crippen LogP) is 4.23. The van der Waals surface area contributed by atoms with Crippen molar-refractivity contribution in [3.8, 4) is 6.07 Å². The van der Waals surface area contributed by atoms with E-state index in [4.69, 9.17) is 9.47 Å². The first-order valence-electron chi connectivity index (χ1n) is 11.7. The fourth-order valence-electron chi connectivity index (χ4n) is 4.54. The Morgan fingerprint density at radius 3 is 2.09 bits per heavy atom. The summed E-state index contributed by atoms with van der Waals surface area (Å²) in [6.07, 6.45) is 1.87. The van der Waals surface area contributed by atoms with E-state index in [1.54, 1.807) is 18.7 Å². The number of carbonyl (C=O) groups is 2. The third-order valence-electron chi connectivity index (χ3n) is 6.06. The summed E-state index contributed by atoms with van der Waals surface area (Å²) in [6.45, 7) is 8.12. The number of nitrogens with zero attached hydrogens (tertiary/aromatic N) is 3. The lowest BCUT2D eigenvalue weighted by atomic mass is 9.78. The van der Waals surface area contributed by atoms with Crippen molar-refractivity contribution in [2.45, 2.75) is 33.1 Å². The molecule has 3 rings (SSSR count). The summed E-state index contributed by atoms with van der Waals surface area (Å²) >= 11 is 0. The quantitative estimate of drug-likeness (QED) is 0.307. The van der Waals surface area contributed by atoms with Crippen LogP contribution in [0.5, 0.6) is 0 Å². The third-order valence-corrected chi connectivity index (χ3v) is 6.06. The van der Waals surface area contributed by atoms with Gasteiger partial charge >= 0.3 is 11.9 Å². The number of ether oxygens (including phenoxy) is 2. The number of rotatable bonds is 9. The number of fused-ring (bicyclic) bond motifs is 1. The summed E-state index contributed by atoms with van der Waals surface area (Å²) in [7, 11) is 1.99. The topological polar surface area (TPSA) is 82.6 Å². The Bertz CT molecular complexity index is 1180. The molecule has 0 aromatic heterocycles. The maximum absolute atomic E-state index is 12.1. The minimum atomic E-state index is -0.421. The van der Waals surface area contributed by atoms with Crippen molar-refractivity contribution in [3.63, 3.8) is 0 Å². The van der Waals surface area contributed by atoms with E-state index in [1.807, 2.05) is 49.5 Å². The molecule has 0 aliphatic carbocycles. The number of allylic oxidation sites excluding steroid dienone is 1. The van der Waals surface area contributed by atoms with E-state index in [0.717, 1.165) is 17.0 Å². The number of hydrogen-bond donors (Lipinski definition) is 0. The van der Waals surface area contributed by atoms with Crippen molar-refractivity contribution in [2.75, 3.05) is 38.3 Å². The highest BCUT2D eigenvalue weighted by Gasteiger charge is 2.45. The van der Waals surface area contributed by atoms with Crippen molar-refractivity contribution >= 4 is 35.1 Å².